The Morgan fingerprint density at radius 2 is 1.77 bits per heavy atom. The van der Waals surface area contributed by atoms with E-state index < -0.39 is 9.84 Å². The van der Waals surface area contributed by atoms with Gasteiger partial charge in [-0.15, -0.1) is 0 Å². The molecule has 8 nitrogen and oxygen atoms in total. The van der Waals surface area contributed by atoms with Crippen molar-refractivity contribution in [3.8, 4) is 0 Å². The van der Waals surface area contributed by atoms with E-state index in [0.29, 0.717) is 35.1 Å². The molecule has 0 saturated heterocycles. The molecule has 0 spiro atoms. The molecule has 1 saturated carbocycles. The molecule has 0 N–H and O–H groups in total. The maximum absolute atomic E-state index is 13.3. The third-order valence-corrected chi connectivity index (χ3v) is 7.76. The Labute approximate surface area is 205 Å². The van der Waals surface area contributed by atoms with Crippen LogP contribution in [-0.4, -0.2) is 37.7 Å². The first kappa shape index (κ1) is 24.7. The van der Waals surface area contributed by atoms with Gasteiger partial charge in [-0.25, -0.2) is 8.42 Å². The van der Waals surface area contributed by atoms with Crippen molar-refractivity contribution in [3.05, 3.63) is 65.9 Å². The molecule has 2 aromatic carbocycles. The number of hydrogen-bond donors (Lipinski definition) is 0. The molecule has 2 amide bonds. The number of aromatic nitrogens is 1. The highest BCUT2D eigenvalue weighted by molar-refractivity contribution is 7.91. The monoisotopic (exact) mass is 495 g/mol. The summed E-state index contributed by atoms with van der Waals surface area (Å²) >= 11 is 0. The number of hydrogen-bond acceptors (Lipinski definition) is 6. The predicted octanol–water partition coefficient (Wildman–Crippen LogP) is 4.91. The van der Waals surface area contributed by atoms with Gasteiger partial charge in [0, 0.05) is 36.5 Å². The van der Waals surface area contributed by atoms with E-state index in [4.69, 9.17) is 4.52 Å². The average molecular weight is 496 g/mol. The van der Waals surface area contributed by atoms with E-state index >= 15 is 0 Å². The smallest absolute Gasteiger partial charge is 0.259 e. The van der Waals surface area contributed by atoms with Crippen molar-refractivity contribution in [3.63, 3.8) is 0 Å². The SMILES string of the molecule is CCCN(C(=O)c1cccc(N(C(C)=O)c2ccc(S(=O)(=O)CC3CC3)cc2)c1)c1cc(C)on1. The zero-order valence-electron chi connectivity index (χ0n) is 20.1. The second-order valence-corrected chi connectivity index (χ2v) is 10.9. The van der Waals surface area contributed by atoms with Crippen LogP contribution in [0.2, 0.25) is 0 Å². The standard InChI is InChI=1S/C26H29N3O5S/c1-4-14-28(25-15-18(2)34-27-25)26(31)21-6-5-7-23(16-21)29(19(3)30)22-10-12-24(13-11-22)35(32,33)17-20-8-9-20/h5-7,10-13,15-16,20H,4,8-9,14,17H2,1-3H3. The fourth-order valence-electron chi connectivity index (χ4n) is 3.96. The zero-order valence-corrected chi connectivity index (χ0v) is 20.9. The fourth-order valence-corrected chi connectivity index (χ4v) is 5.66. The molecule has 35 heavy (non-hydrogen) atoms. The van der Waals surface area contributed by atoms with Crippen LogP contribution in [0.1, 0.15) is 49.2 Å². The van der Waals surface area contributed by atoms with Crippen LogP contribution in [0.3, 0.4) is 0 Å². The van der Waals surface area contributed by atoms with Crippen LogP contribution >= 0.6 is 0 Å². The molecule has 1 aliphatic carbocycles. The number of benzene rings is 2. The first-order chi connectivity index (χ1) is 16.7. The van der Waals surface area contributed by atoms with E-state index in [1.54, 1.807) is 54.3 Å². The van der Waals surface area contributed by atoms with Gasteiger partial charge in [-0.1, -0.05) is 18.1 Å². The molecule has 1 aromatic heterocycles. The van der Waals surface area contributed by atoms with Crippen molar-refractivity contribution in [2.75, 3.05) is 22.1 Å². The molecular formula is C26H29N3O5S. The van der Waals surface area contributed by atoms with Crippen molar-refractivity contribution in [2.45, 2.75) is 44.9 Å². The Kier molecular flexibility index (Phi) is 7.07. The average Bonchev–Trinajstić information content (AvgIpc) is 3.53. The zero-order chi connectivity index (χ0) is 25.2. The first-order valence-corrected chi connectivity index (χ1v) is 13.3. The molecule has 0 radical (unpaired) electrons. The lowest BCUT2D eigenvalue weighted by atomic mass is 10.1. The molecule has 1 aliphatic rings. The number of amides is 2. The quantitative estimate of drug-likeness (QED) is 0.418. The third-order valence-electron chi connectivity index (χ3n) is 5.86. The highest BCUT2D eigenvalue weighted by Crippen LogP contribution is 2.33. The van der Waals surface area contributed by atoms with Crippen LogP contribution in [0.25, 0.3) is 0 Å². The highest BCUT2D eigenvalue weighted by Gasteiger charge is 2.29. The molecule has 1 fully saturated rings. The number of carbonyl (C=O) groups excluding carboxylic acids is 2. The van der Waals surface area contributed by atoms with Gasteiger partial charge in [-0.3, -0.25) is 19.4 Å². The Morgan fingerprint density at radius 1 is 1.06 bits per heavy atom. The molecule has 0 unspecified atom stereocenters. The number of nitrogens with zero attached hydrogens (tertiary/aromatic N) is 3. The topological polar surface area (TPSA) is 101 Å². The summed E-state index contributed by atoms with van der Waals surface area (Å²) < 4.78 is 30.3. The number of carbonyl (C=O) groups is 2. The largest absolute Gasteiger partial charge is 0.360 e. The first-order valence-electron chi connectivity index (χ1n) is 11.7. The molecule has 1 heterocycles. The molecule has 0 aliphatic heterocycles. The summed E-state index contributed by atoms with van der Waals surface area (Å²) in [5.41, 5.74) is 1.42. The van der Waals surface area contributed by atoms with E-state index in [1.807, 2.05) is 6.92 Å². The van der Waals surface area contributed by atoms with E-state index in [1.165, 1.54) is 24.0 Å². The van der Waals surface area contributed by atoms with Crippen LogP contribution in [0.5, 0.6) is 0 Å². The molecule has 9 heteroatoms. The minimum atomic E-state index is -3.35. The maximum atomic E-state index is 13.3. The van der Waals surface area contributed by atoms with Crippen LogP contribution in [-0.2, 0) is 14.6 Å². The summed E-state index contributed by atoms with van der Waals surface area (Å²) in [7, 11) is -3.35. The lowest BCUT2D eigenvalue weighted by Gasteiger charge is -2.23. The normalized spacial score (nSPS) is 13.5. The van der Waals surface area contributed by atoms with Crippen molar-refractivity contribution in [2.24, 2.45) is 5.92 Å². The Hall–Kier alpha value is -3.46. The van der Waals surface area contributed by atoms with Gasteiger partial charge in [0.2, 0.25) is 5.91 Å². The van der Waals surface area contributed by atoms with E-state index in [-0.39, 0.29) is 28.4 Å². The lowest BCUT2D eigenvalue weighted by Crippen LogP contribution is -2.32. The molecular weight excluding hydrogens is 466 g/mol. The summed E-state index contributed by atoms with van der Waals surface area (Å²) in [5.74, 6) is 0.931. The van der Waals surface area contributed by atoms with Gasteiger partial charge in [-0.05, 0) is 74.6 Å². The van der Waals surface area contributed by atoms with Crippen LogP contribution in [0, 0.1) is 12.8 Å². The maximum Gasteiger partial charge on any atom is 0.259 e. The van der Waals surface area contributed by atoms with Gasteiger partial charge in [0.15, 0.2) is 15.7 Å². The summed E-state index contributed by atoms with van der Waals surface area (Å²) in [6, 6.07) is 14.8. The number of anilines is 3. The Bertz CT molecular complexity index is 1330. The minimum absolute atomic E-state index is 0.159. The molecule has 184 valence electrons. The second-order valence-electron chi connectivity index (χ2n) is 8.88. The van der Waals surface area contributed by atoms with Crippen LogP contribution in [0.15, 0.2) is 64.0 Å². The Balaban J connectivity index is 1.62. The summed E-state index contributed by atoms with van der Waals surface area (Å²) in [6.07, 6.45) is 2.64. The Morgan fingerprint density at radius 3 is 2.34 bits per heavy atom. The highest BCUT2D eigenvalue weighted by atomic mass is 32.2. The molecule has 4 rings (SSSR count). The van der Waals surface area contributed by atoms with Gasteiger partial charge < -0.3 is 4.52 Å². The molecule has 3 aromatic rings. The third kappa shape index (κ3) is 5.62. The number of aryl methyl sites for hydroxylation is 1. The predicted molar refractivity (Wildman–Crippen MR) is 134 cm³/mol. The fraction of sp³-hybridized carbons (Fsp3) is 0.346. The second kappa shape index (κ2) is 10.0. The van der Waals surface area contributed by atoms with Gasteiger partial charge in [0.1, 0.15) is 5.76 Å². The van der Waals surface area contributed by atoms with E-state index in [0.717, 1.165) is 19.3 Å². The van der Waals surface area contributed by atoms with Crippen molar-refractivity contribution < 1.29 is 22.5 Å². The number of sulfone groups is 1. The van der Waals surface area contributed by atoms with Gasteiger partial charge >= 0.3 is 0 Å². The van der Waals surface area contributed by atoms with E-state index in [2.05, 4.69) is 5.16 Å². The van der Waals surface area contributed by atoms with Gasteiger partial charge in [-0.2, -0.15) is 0 Å². The number of rotatable bonds is 9. The minimum Gasteiger partial charge on any atom is -0.360 e. The molecule has 0 atom stereocenters. The van der Waals surface area contributed by atoms with Gasteiger partial charge in [0.25, 0.3) is 5.91 Å². The van der Waals surface area contributed by atoms with Crippen molar-refractivity contribution >= 4 is 38.8 Å². The summed E-state index contributed by atoms with van der Waals surface area (Å²) in [5, 5.41) is 3.98. The van der Waals surface area contributed by atoms with Crippen LogP contribution in [0.4, 0.5) is 17.2 Å². The van der Waals surface area contributed by atoms with Crippen molar-refractivity contribution in [1.29, 1.82) is 0 Å². The van der Waals surface area contributed by atoms with Crippen molar-refractivity contribution in [1.82, 2.24) is 5.16 Å². The summed E-state index contributed by atoms with van der Waals surface area (Å²) in [4.78, 5) is 29.2. The molecule has 0 bridgehead atoms. The van der Waals surface area contributed by atoms with Crippen LogP contribution < -0.4 is 9.80 Å². The summed E-state index contributed by atoms with van der Waals surface area (Å²) in [6.45, 7) is 5.62. The van der Waals surface area contributed by atoms with E-state index in [9.17, 15) is 18.0 Å². The van der Waals surface area contributed by atoms with Gasteiger partial charge in [0.05, 0.1) is 10.6 Å². The lowest BCUT2D eigenvalue weighted by molar-refractivity contribution is -0.115.